The molecule has 0 spiro atoms. The van der Waals surface area contributed by atoms with Crippen molar-refractivity contribution < 1.29 is 0 Å². The van der Waals surface area contributed by atoms with Crippen LogP contribution in [0.5, 0.6) is 0 Å². The second kappa shape index (κ2) is 5.87. The first kappa shape index (κ1) is 10.4. The summed E-state index contributed by atoms with van der Waals surface area (Å²) < 4.78 is 0. The smallest absolute Gasteiger partial charge is 0.00271 e. The first-order chi connectivity index (χ1) is 6.34. The van der Waals surface area contributed by atoms with Gasteiger partial charge in [-0.1, -0.05) is 43.8 Å². The average Bonchev–Trinajstić information content (AvgIpc) is 2.19. The molecule has 0 heterocycles. The van der Waals surface area contributed by atoms with E-state index in [1.165, 1.54) is 22.6 Å². The normalized spacial score (nSPS) is 9.92. The molecule has 0 radical (unpaired) electrons. The molecule has 0 aliphatic heterocycles. The minimum absolute atomic E-state index is 1.10. The molecule has 0 aliphatic rings. The lowest BCUT2D eigenvalue weighted by Crippen LogP contribution is -1.85. The third-order valence-electron chi connectivity index (χ3n) is 1.93. The standard InChI is InChI=1S/C12H16S/c1-3-13-10-9-11(2)12-7-5-4-6-8-12/h4-8H,2-3,9-10H2,1H3. The Morgan fingerprint density at radius 2 is 2.00 bits per heavy atom. The molecule has 0 saturated carbocycles. The van der Waals surface area contributed by atoms with Gasteiger partial charge in [-0.05, 0) is 29.1 Å². The molecule has 0 amide bonds. The number of thioether (sulfide) groups is 1. The number of hydrogen-bond donors (Lipinski definition) is 0. The summed E-state index contributed by atoms with van der Waals surface area (Å²) in [5.41, 5.74) is 2.53. The molecule has 1 aromatic rings. The summed E-state index contributed by atoms with van der Waals surface area (Å²) in [7, 11) is 0. The van der Waals surface area contributed by atoms with Gasteiger partial charge >= 0.3 is 0 Å². The fraction of sp³-hybridized carbons (Fsp3) is 0.333. The Balaban J connectivity index is 2.40. The van der Waals surface area contributed by atoms with Crippen LogP contribution in [0.25, 0.3) is 5.57 Å². The van der Waals surface area contributed by atoms with Crippen LogP contribution in [-0.2, 0) is 0 Å². The van der Waals surface area contributed by atoms with E-state index in [0.717, 1.165) is 6.42 Å². The monoisotopic (exact) mass is 192 g/mol. The molecular weight excluding hydrogens is 176 g/mol. The molecule has 0 bridgehead atoms. The lowest BCUT2D eigenvalue weighted by molar-refractivity contribution is 1.26. The first-order valence-electron chi connectivity index (χ1n) is 4.65. The Labute approximate surface area is 85.1 Å². The van der Waals surface area contributed by atoms with Crippen LogP contribution >= 0.6 is 11.8 Å². The molecule has 0 unspecified atom stereocenters. The van der Waals surface area contributed by atoms with E-state index in [1.54, 1.807) is 0 Å². The Morgan fingerprint density at radius 3 is 2.62 bits per heavy atom. The van der Waals surface area contributed by atoms with Gasteiger partial charge < -0.3 is 0 Å². The molecule has 0 saturated heterocycles. The van der Waals surface area contributed by atoms with E-state index in [9.17, 15) is 0 Å². The van der Waals surface area contributed by atoms with Crippen molar-refractivity contribution in [3.8, 4) is 0 Å². The fourth-order valence-corrected chi connectivity index (χ4v) is 1.84. The zero-order chi connectivity index (χ0) is 9.52. The maximum absolute atomic E-state index is 4.08. The highest BCUT2D eigenvalue weighted by Gasteiger charge is 1.96. The summed E-state index contributed by atoms with van der Waals surface area (Å²) in [5.74, 6) is 2.38. The number of benzene rings is 1. The van der Waals surface area contributed by atoms with E-state index in [0.29, 0.717) is 0 Å². The summed E-state index contributed by atoms with van der Waals surface area (Å²) in [5, 5.41) is 0. The number of hydrogen-bond acceptors (Lipinski definition) is 1. The van der Waals surface area contributed by atoms with Gasteiger partial charge in [0.1, 0.15) is 0 Å². The summed E-state index contributed by atoms with van der Waals surface area (Å²) in [6, 6.07) is 10.4. The molecule has 13 heavy (non-hydrogen) atoms. The minimum atomic E-state index is 1.10. The van der Waals surface area contributed by atoms with Crippen LogP contribution in [-0.4, -0.2) is 11.5 Å². The Bertz CT molecular complexity index is 251. The lowest BCUT2D eigenvalue weighted by Gasteiger charge is -2.04. The van der Waals surface area contributed by atoms with Gasteiger partial charge in [0.15, 0.2) is 0 Å². The van der Waals surface area contributed by atoms with Crippen molar-refractivity contribution in [1.82, 2.24) is 0 Å². The maximum Gasteiger partial charge on any atom is -0.00271 e. The van der Waals surface area contributed by atoms with E-state index < -0.39 is 0 Å². The lowest BCUT2D eigenvalue weighted by atomic mass is 10.1. The zero-order valence-corrected chi connectivity index (χ0v) is 8.94. The second-order valence-corrected chi connectivity index (χ2v) is 4.31. The van der Waals surface area contributed by atoms with Crippen molar-refractivity contribution in [2.75, 3.05) is 11.5 Å². The van der Waals surface area contributed by atoms with Crippen LogP contribution in [0.2, 0.25) is 0 Å². The third kappa shape index (κ3) is 3.69. The van der Waals surface area contributed by atoms with Gasteiger partial charge in [0, 0.05) is 0 Å². The van der Waals surface area contributed by atoms with Crippen LogP contribution in [0.3, 0.4) is 0 Å². The second-order valence-electron chi connectivity index (χ2n) is 2.92. The Kier molecular flexibility index (Phi) is 4.69. The molecule has 0 aromatic heterocycles. The SMILES string of the molecule is C=C(CCSCC)c1ccccc1. The molecule has 1 rings (SSSR count). The van der Waals surface area contributed by atoms with Crippen molar-refractivity contribution in [2.24, 2.45) is 0 Å². The van der Waals surface area contributed by atoms with Gasteiger partial charge in [-0.15, -0.1) is 0 Å². The quantitative estimate of drug-likeness (QED) is 0.639. The first-order valence-corrected chi connectivity index (χ1v) is 5.81. The largest absolute Gasteiger partial charge is 0.162 e. The molecule has 0 atom stereocenters. The van der Waals surface area contributed by atoms with Crippen molar-refractivity contribution in [3.63, 3.8) is 0 Å². The molecule has 1 heteroatoms. The predicted molar refractivity (Wildman–Crippen MR) is 63.1 cm³/mol. The van der Waals surface area contributed by atoms with Crippen molar-refractivity contribution in [3.05, 3.63) is 42.5 Å². The van der Waals surface area contributed by atoms with Crippen LogP contribution in [0.4, 0.5) is 0 Å². The Hall–Kier alpha value is -0.690. The fourth-order valence-electron chi connectivity index (χ4n) is 1.16. The summed E-state index contributed by atoms with van der Waals surface area (Å²) >= 11 is 1.97. The highest BCUT2D eigenvalue weighted by atomic mass is 32.2. The van der Waals surface area contributed by atoms with E-state index in [2.05, 4.69) is 37.8 Å². The predicted octanol–water partition coefficient (Wildman–Crippen LogP) is 3.84. The van der Waals surface area contributed by atoms with Gasteiger partial charge in [-0.3, -0.25) is 0 Å². The molecule has 0 nitrogen and oxygen atoms in total. The zero-order valence-electron chi connectivity index (χ0n) is 8.12. The van der Waals surface area contributed by atoms with E-state index >= 15 is 0 Å². The van der Waals surface area contributed by atoms with Gasteiger partial charge in [0.05, 0.1) is 0 Å². The molecule has 0 fully saturated rings. The topological polar surface area (TPSA) is 0 Å². The summed E-state index contributed by atoms with van der Waals surface area (Å²) in [4.78, 5) is 0. The van der Waals surface area contributed by atoms with E-state index in [4.69, 9.17) is 0 Å². The van der Waals surface area contributed by atoms with E-state index in [-0.39, 0.29) is 0 Å². The maximum atomic E-state index is 4.08. The van der Waals surface area contributed by atoms with Crippen LogP contribution in [0.1, 0.15) is 18.9 Å². The molecule has 70 valence electrons. The van der Waals surface area contributed by atoms with Gasteiger partial charge in [0.25, 0.3) is 0 Å². The van der Waals surface area contributed by atoms with Crippen molar-refractivity contribution in [2.45, 2.75) is 13.3 Å². The van der Waals surface area contributed by atoms with Crippen LogP contribution in [0.15, 0.2) is 36.9 Å². The van der Waals surface area contributed by atoms with Gasteiger partial charge in [0.2, 0.25) is 0 Å². The molecule has 0 aliphatic carbocycles. The molecule has 0 N–H and O–H groups in total. The Morgan fingerprint density at radius 1 is 1.31 bits per heavy atom. The van der Waals surface area contributed by atoms with Crippen LogP contribution in [0, 0.1) is 0 Å². The third-order valence-corrected chi connectivity index (χ3v) is 2.84. The van der Waals surface area contributed by atoms with Crippen molar-refractivity contribution in [1.29, 1.82) is 0 Å². The summed E-state index contributed by atoms with van der Waals surface area (Å²) in [6.45, 7) is 6.27. The van der Waals surface area contributed by atoms with Crippen molar-refractivity contribution >= 4 is 17.3 Å². The average molecular weight is 192 g/mol. The molecular formula is C12H16S. The molecule has 1 aromatic carbocycles. The van der Waals surface area contributed by atoms with E-state index in [1.807, 2.05) is 17.8 Å². The van der Waals surface area contributed by atoms with Crippen LogP contribution < -0.4 is 0 Å². The van der Waals surface area contributed by atoms with Gasteiger partial charge in [-0.2, -0.15) is 11.8 Å². The summed E-state index contributed by atoms with van der Waals surface area (Å²) in [6.07, 6.45) is 1.10. The highest BCUT2D eigenvalue weighted by molar-refractivity contribution is 7.99. The minimum Gasteiger partial charge on any atom is -0.162 e. The highest BCUT2D eigenvalue weighted by Crippen LogP contribution is 2.17. The number of rotatable bonds is 5. The number of allylic oxidation sites excluding steroid dienone is 1. The van der Waals surface area contributed by atoms with Gasteiger partial charge in [-0.25, -0.2) is 0 Å².